The summed E-state index contributed by atoms with van der Waals surface area (Å²) in [7, 11) is 0. The van der Waals surface area contributed by atoms with E-state index in [0.717, 1.165) is 60.0 Å². The zero-order chi connectivity index (χ0) is 26.0. The number of morpholine rings is 1. The molecule has 0 unspecified atom stereocenters. The van der Waals surface area contributed by atoms with Crippen LogP contribution in [0.5, 0.6) is 0 Å². The molecule has 1 atom stereocenters. The molecule has 2 amide bonds. The van der Waals surface area contributed by atoms with Crippen LogP contribution in [0.1, 0.15) is 24.1 Å². The Balaban J connectivity index is 1.38. The van der Waals surface area contributed by atoms with Crippen LogP contribution in [-0.4, -0.2) is 74.6 Å². The van der Waals surface area contributed by atoms with Gasteiger partial charge in [-0.25, -0.2) is 9.78 Å². The van der Waals surface area contributed by atoms with Crippen molar-refractivity contribution in [2.45, 2.75) is 25.9 Å². The average molecular weight is 516 g/mol. The van der Waals surface area contributed by atoms with Crippen molar-refractivity contribution >= 4 is 23.1 Å². The van der Waals surface area contributed by atoms with Crippen LogP contribution < -0.4 is 15.5 Å². The molecule has 5 rings (SSSR count). The number of urea groups is 1. The molecule has 0 radical (unpaired) electrons. The van der Waals surface area contributed by atoms with Crippen LogP contribution in [0.25, 0.3) is 16.7 Å². The van der Waals surface area contributed by atoms with Gasteiger partial charge >= 0.3 is 12.2 Å². The number of carbonyl (C=O) groups excluding carboxylic acids is 1. The number of ether oxygens (including phenoxy) is 1. The van der Waals surface area contributed by atoms with Crippen molar-refractivity contribution in [3.8, 4) is 11.1 Å². The summed E-state index contributed by atoms with van der Waals surface area (Å²) in [6, 6.07) is 9.50. The molecule has 3 aliphatic heterocycles. The molecule has 2 aromatic rings. The van der Waals surface area contributed by atoms with E-state index in [9.17, 15) is 18.0 Å². The predicted molar refractivity (Wildman–Crippen MR) is 138 cm³/mol. The Hall–Kier alpha value is -3.11. The Kier molecular flexibility index (Phi) is 7.39. The minimum atomic E-state index is -4.21. The van der Waals surface area contributed by atoms with E-state index in [2.05, 4.69) is 33.7 Å². The molecule has 0 spiro atoms. The maximum atomic E-state index is 12.8. The molecule has 10 heteroatoms. The van der Waals surface area contributed by atoms with Gasteiger partial charge in [-0.05, 0) is 65.8 Å². The summed E-state index contributed by atoms with van der Waals surface area (Å²) in [5.74, 6) is 0.345. The largest absolute Gasteiger partial charge is 0.389 e. The number of likely N-dealkylation sites (tertiary alicyclic amines) is 1. The molecule has 0 bridgehead atoms. The van der Waals surface area contributed by atoms with E-state index in [1.807, 2.05) is 25.1 Å². The molecule has 2 saturated heterocycles. The number of aromatic nitrogens is 1. The third-order valence-electron chi connectivity index (χ3n) is 7.18. The monoisotopic (exact) mass is 515 g/mol. The van der Waals surface area contributed by atoms with Crippen LogP contribution in [-0.2, 0) is 4.74 Å². The molecule has 1 aromatic carbocycles. The number of carbonyl (C=O) groups is 1. The second-order valence-electron chi connectivity index (χ2n) is 9.94. The Labute approximate surface area is 214 Å². The number of benzene rings is 1. The van der Waals surface area contributed by atoms with Crippen LogP contribution in [0, 0.1) is 12.8 Å². The Morgan fingerprint density at radius 1 is 1.19 bits per heavy atom. The molecule has 7 nitrogen and oxygen atoms in total. The number of alkyl halides is 3. The molecule has 0 aliphatic carbocycles. The van der Waals surface area contributed by atoms with E-state index in [1.54, 1.807) is 0 Å². The fourth-order valence-corrected chi connectivity index (χ4v) is 5.18. The number of anilines is 2. The lowest BCUT2D eigenvalue weighted by Crippen LogP contribution is -2.36. The van der Waals surface area contributed by atoms with E-state index in [1.165, 1.54) is 4.90 Å². The van der Waals surface area contributed by atoms with Crippen molar-refractivity contribution in [1.82, 2.24) is 15.2 Å². The zero-order valence-corrected chi connectivity index (χ0v) is 20.9. The van der Waals surface area contributed by atoms with Crippen molar-refractivity contribution in [3.63, 3.8) is 0 Å². The van der Waals surface area contributed by atoms with Crippen LogP contribution in [0.4, 0.5) is 29.5 Å². The van der Waals surface area contributed by atoms with Gasteiger partial charge in [0.2, 0.25) is 0 Å². The van der Waals surface area contributed by atoms with E-state index in [4.69, 9.17) is 9.72 Å². The Morgan fingerprint density at radius 3 is 2.73 bits per heavy atom. The number of halogens is 3. The summed E-state index contributed by atoms with van der Waals surface area (Å²) in [5, 5.41) is 6.23. The first kappa shape index (κ1) is 25.5. The van der Waals surface area contributed by atoms with Gasteiger partial charge in [0, 0.05) is 51.4 Å². The summed E-state index contributed by atoms with van der Waals surface area (Å²) < 4.78 is 43.8. The van der Waals surface area contributed by atoms with Gasteiger partial charge < -0.3 is 25.2 Å². The molecule has 4 heterocycles. The van der Waals surface area contributed by atoms with Crippen LogP contribution >= 0.6 is 0 Å². The van der Waals surface area contributed by atoms with Crippen LogP contribution in [0.3, 0.4) is 0 Å². The molecule has 1 aromatic heterocycles. The minimum Gasteiger partial charge on any atom is -0.378 e. The van der Waals surface area contributed by atoms with Gasteiger partial charge in [-0.2, -0.15) is 13.2 Å². The summed E-state index contributed by atoms with van der Waals surface area (Å²) in [6.45, 7) is 6.90. The number of amides is 2. The van der Waals surface area contributed by atoms with Crippen LogP contribution in [0.2, 0.25) is 0 Å². The second-order valence-corrected chi connectivity index (χ2v) is 9.94. The summed E-state index contributed by atoms with van der Waals surface area (Å²) in [5.41, 5.74) is 5.70. The Bertz CT molecular complexity index is 1180. The number of rotatable bonds is 5. The lowest BCUT2D eigenvalue weighted by atomic mass is 9.98. The van der Waals surface area contributed by atoms with Gasteiger partial charge in [0.15, 0.2) is 0 Å². The first-order chi connectivity index (χ1) is 17.7. The molecule has 2 fully saturated rings. The van der Waals surface area contributed by atoms with E-state index in [0.29, 0.717) is 31.9 Å². The quantitative estimate of drug-likeness (QED) is 0.605. The smallest absolute Gasteiger partial charge is 0.378 e. The molecule has 3 aliphatic rings. The fraction of sp³-hybridized carbons (Fsp3) is 0.481. The predicted octanol–water partition coefficient (Wildman–Crippen LogP) is 4.69. The van der Waals surface area contributed by atoms with Crippen molar-refractivity contribution in [2.24, 2.45) is 5.92 Å². The maximum absolute atomic E-state index is 12.8. The average Bonchev–Trinajstić information content (AvgIpc) is 3.57. The van der Waals surface area contributed by atoms with E-state index >= 15 is 0 Å². The number of nitrogens with zero attached hydrogens (tertiary/aromatic N) is 3. The van der Waals surface area contributed by atoms with Crippen LogP contribution in [0.15, 0.2) is 36.4 Å². The molecular formula is C27H32F3N5O2. The van der Waals surface area contributed by atoms with Gasteiger partial charge in [0.25, 0.3) is 0 Å². The van der Waals surface area contributed by atoms with Gasteiger partial charge in [0.05, 0.1) is 18.9 Å². The summed E-state index contributed by atoms with van der Waals surface area (Å²) in [6.07, 6.45) is -2.55. The van der Waals surface area contributed by atoms with Gasteiger partial charge in [0.1, 0.15) is 5.82 Å². The van der Waals surface area contributed by atoms with E-state index in [-0.39, 0.29) is 12.6 Å². The zero-order valence-electron chi connectivity index (χ0n) is 20.9. The number of hydrogen-bond acceptors (Lipinski definition) is 5. The second kappa shape index (κ2) is 10.7. The number of nitrogens with one attached hydrogen (secondary N) is 2. The minimum absolute atomic E-state index is 0.115. The van der Waals surface area contributed by atoms with E-state index < -0.39 is 18.5 Å². The number of aryl methyl sites for hydroxylation is 1. The van der Waals surface area contributed by atoms with Crippen molar-refractivity contribution in [2.75, 3.05) is 62.7 Å². The normalized spacial score (nSPS) is 20.3. The van der Waals surface area contributed by atoms with Gasteiger partial charge in [-0.3, -0.25) is 0 Å². The van der Waals surface area contributed by atoms with Crippen molar-refractivity contribution in [3.05, 3.63) is 47.7 Å². The highest BCUT2D eigenvalue weighted by atomic mass is 19.4. The van der Waals surface area contributed by atoms with Gasteiger partial charge in [-0.1, -0.05) is 12.1 Å². The molecule has 198 valence electrons. The van der Waals surface area contributed by atoms with Crippen molar-refractivity contribution in [1.29, 1.82) is 0 Å². The Morgan fingerprint density at radius 2 is 2.00 bits per heavy atom. The third-order valence-corrected chi connectivity index (χ3v) is 7.18. The molecular weight excluding hydrogens is 483 g/mol. The van der Waals surface area contributed by atoms with Crippen molar-refractivity contribution < 1.29 is 22.7 Å². The van der Waals surface area contributed by atoms with Gasteiger partial charge in [-0.15, -0.1) is 0 Å². The SMILES string of the molecule is Cc1ccc(NC(=O)N2CC[C@@H](CC(F)(F)F)C2)cc1-c1cc(C2=CCNC2)nc(N2CCOCC2)c1. The fourth-order valence-electron chi connectivity index (χ4n) is 5.18. The standard InChI is InChI=1S/C27H32F3N5O2/c1-18-2-3-22(32-26(36)35-7-5-19(17-35)15-27(28,29)30)14-23(18)21-12-24(20-4-6-31-16-20)33-25(13-21)34-8-10-37-11-9-34/h2-4,12-14,19,31H,5-11,15-17H2,1H3,(H,32,36)/t19-/m0/s1. The number of pyridine rings is 1. The summed E-state index contributed by atoms with van der Waals surface area (Å²) in [4.78, 5) is 21.5. The lowest BCUT2D eigenvalue weighted by molar-refractivity contribution is -0.143. The summed E-state index contributed by atoms with van der Waals surface area (Å²) >= 11 is 0. The topological polar surface area (TPSA) is 69.7 Å². The highest BCUT2D eigenvalue weighted by Gasteiger charge is 2.36. The third kappa shape index (κ3) is 6.24. The maximum Gasteiger partial charge on any atom is 0.389 e. The lowest BCUT2D eigenvalue weighted by Gasteiger charge is -2.28. The first-order valence-corrected chi connectivity index (χ1v) is 12.7. The highest BCUT2D eigenvalue weighted by molar-refractivity contribution is 5.91. The molecule has 2 N–H and O–H groups in total. The first-order valence-electron chi connectivity index (χ1n) is 12.7. The molecule has 0 saturated carbocycles. The molecule has 37 heavy (non-hydrogen) atoms. The highest BCUT2D eigenvalue weighted by Crippen LogP contribution is 2.33. The number of hydrogen-bond donors (Lipinski definition) is 2.